The first-order chi connectivity index (χ1) is 7.66. The van der Waals surface area contributed by atoms with Gasteiger partial charge in [-0.3, -0.25) is 15.1 Å². The average molecular weight is 217 g/mol. The molecule has 1 aromatic rings. The Balaban J connectivity index is 2.34. The molecule has 0 saturated carbocycles. The maximum absolute atomic E-state index is 11.9. The van der Waals surface area contributed by atoms with Gasteiger partial charge in [-0.25, -0.2) is 0 Å². The Morgan fingerprint density at radius 1 is 1.31 bits per heavy atom. The van der Waals surface area contributed by atoms with E-state index < -0.39 is 5.54 Å². The molecule has 1 aliphatic rings. The largest absolute Gasteiger partial charge is 0.338 e. The van der Waals surface area contributed by atoms with Crippen molar-refractivity contribution in [2.24, 2.45) is 4.99 Å². The van der Waals surface area contributed by atoms with Crippen molar-refractivity contribution in [2.75, 3.05) is 6.54 Å². The fourth-order valence-corrected chi connectivity index (χ4v) is 1.77. The molecule has 4 heteroatoms. The van der Waals surface area contributed by atoms with Crippen LogP contribution in [0.5, 0.6) is 0 Å². The smallest absolute Gasteiger partial charge is 0.256 e. The Morgan fingerprint density at radius 3 is 2.62 bits per heavy atom. The molecular weight excluding hydrogens is 202 g/mol. The number of amides is 1. The lowest BCUT2D eigenvalue weighted by molar-refractivity contribution is -0.123. The van der Waals surface area contributed by atoms with Gasteiger partial charge in [-0.1, -0.05) is 30.3 Å². The van der Waals surface area contributed by atoms with Crippen molar-refractivity contribution in [1.82, 2.24) is 10.6 Å². The first-order valence-electron chi connectivity index (χ1n) is 5.36. The minimum Gasteiger partial charge on any atom is -0.338 e. The Bertz CT molecular complexity index is 427. The molecule has 1 aliphatic heterocycles. The predicted octanol–water partition coefficient (Wildman–Crippen LogP) is 0.997. The molecule has 0 spiro atoms. The van der Waals surface area contributed by atoms with E-state index in [4.69, 9.17) is 0 Å². The van der Waals surface area contributed by atoms with Crippen LogP contribution in [0.4, 0.5) is 0 Å². The summed E-state index contributed by atoms with van der Waals surface area (Å²) in [6, 6.07) is 9.64. The Labute approximate surface area is 94.8 Å². The lowest BCUT2D eigenvalue weighted by atomic mass is 9.92. The molecule has 1 heterocycles. The van der Waals surface area contributed by atoms with Crippen LogP contribution in [0.25, 0.3) is 0 Å². The molecule has 1 atom stereocenters. The number of carbonyl (C=O) groups excluding carboxylic acids is 1. The van der Waals surface area contributed by atoms with E-state index in [1.807, 2.05) is 44.2 Å². The number of nitrogens with zero attached hydrogens (tertiary/aromatic N) is 1. The molecule has 1 aromatic carbocycles. The number of benzene rings is 1. The quantitative estimate of drug-likeness (QED) is 0.776. The van der Waals surface area contributed by atoms with Gasteiger partial charge in [0.1, 0.15) is 5.54 Å². The normalized spacial score (nSPS) is 26.6. The van der Waals surface area contributed by atoms with Crippen LogP contribution in [-0.2, 0) is 10.3 Å². The molecule has 0 radical (unpaired) electrons. The monoisotopic (exact) mass is 217 g/mol. The molecule has 0 bridgehead atoms. The fourth-order valence-electron chi connectivity index (χ4n) is 1.77. The average Bonchev–Trinajstić information content (AvgIpc) is 2.57. The summed E-state index contributed by atoms with van der Waals surface area (Å²) in [6.07, 6.45) is 0. The van der Waals surface area contributed by atoms with Crippen LogP contribution in [0.15, 0.2) is 35.3 Å². The number of nitrogens with one attached hydrogen (secondary N) is 2. The van der Waals surface area contributed by atoms with Crippen molar-refractivity contribution >= 4 is 11.9 Å². The van der Waals surface area contributed by atoms with E-state index in [0.29, 0.717) is 12.5 Å². The third-order valence-corrected chi connectivity index (χ3v) is 2.72. The Hall–Kier alpha value is -1.84. The summed E-state index contributed by atoms with van der Waals surface area (Å²) in [5.41, 5.74) is 0.226. The van der Waals surface area contributed by atoms with Crippen LogP contribution in [0.1, 0.15) is 19.4 Å². The van der Waals surface area contributed by atoms with E-state index in [-0.39, 0.29) is 5.91 Å². The van der Waals surface area contributed by atoms with Crippen molar-refractivity contribution in [3.8, 4) is 0 Å². The van der Waals surface area contributed by atoms with Gasteiger partial charge in [-0.05, 0) is 19.4 Å². The van der Waals surface area contributed by atoms with Gasteiger partial charge in [0.25, 0.3) is 5.91 Å². The standard InChI is InChI=1S/C12H15N3O/c1-3-13-11-14-10(16)12(2,15-11)9-7-5-4-6-8-9/h4-8H,3H2,1-2H3,(H2,13,14,15,16). The third-order valence-electron chi connectivity index (χ3n) is 2.72. The minimum atomic E-state index is -0.713. The number of carbonyl (C=O) groups is 1. The van der Waals surface area contributed by atoms with Crippen molar-refractivity contribution in [3.05, 3.63) is 35.9 Å². The first-order valence-corrected chi connectivity index (χ1v) is 5.36. The Kier molecular flexibility index (Phi) is 2.64. The summed E-state index contributed by atoms with van der Waals surface area (Å²) in [6.45, 7) is 4.43. The highest BCUT2D eigenvalue weighted by Gasteiger charge is 2.41. The third kappa shape index (κ3) is 1.66. The lowest BCUT2D eigenvalue weighted by Gasteiger charge is -2.21. The molecule has 1 saturated heterocycles. The first kappa shape index (κ1) is 10.7. The summed E-state index contributed by atoms with van der Waals surface area (Å²) in [5, 5.41) is 5.87. The van der Waals surface area contributed by atoms with Crippen LogP contribution in [0.3, 0.4) is 0 Å². The molecule has 1 fully saturated rings. The van der Waals surface area contributed by atoms with E-state index in [1.165, 1.54) is 0 Å². The molecule has 16 heavy (non-hydrogen) atoms. The molecule has 2 N–H and O–H groups in total. The highest BCUT2D eigenvalue weighted by molar-refractivity contribution is 6.09. The summed E-state index contributed by atoms with van der Waals surface area (Å²) in [5.74, 6) is 0.491. The molecule has 2 rings (SSSR count). The zero-order chi connectivity index (χ0) is 11.6. The molecule has 1 amide bonds. The summed E-state index contributed by atoms with van der Waals surface area (Å²) in [7, 11) is 0. The summed E-state index contributed by atoms with van der Waals surface area (Å²) < 4.78 is 0. The second kappa shape index (κ2) is 3.96. The van der Waals surface area contributed by atoms with Crippen molar-refractivity contribution in [1.29, 1.82) is 0 Å². The van der Waals surface area contributed by atoms with Crippen molar-refractivity contribution < 1.29 is 4.79 Å². The highest BCUT2D eigenvalue weighted by Crippen LogP contribution is 2.23. The zero-order valence-electron chi connectivity index (χ0n) is 9.45. The zero-order valence-corrected chi connectivity index (χ0v) is 9.45. The number of rotatable bonds is 2. The van der Waals surface area contributed by atoms with Gasteiger partial charge < -0.3 is 5.32 Å². The van der Waals surface area contributed by atoms with Gasteiger partial charge in [0, 0.05) is 6.54 Å². The van der Waals surface area contributed by atoms with Gasteiger partial charge in [0.05, 0.1) is 0 Å². The molecule has 1 unspecified atom stereocenters. The maximum Gasteiger partial charge on any atom is 0.256 e. The second-order valence-corrected chi connectivity index (χ2v) is 3.89. The number of hydrogen-bond donors (Lipinski definition) is 2. The topological polar surface area (TPSA) is 53.5 Å². The Morgan fingerprint density at radius 2 is 2.00 bits per heavy atom. The van der Waals surface area contributed by atoms with Gasteiger partial charge in [0.2, 0.25) is 0 Å². The molecular formula is C12H15N3O. The van der Waals surface area contributed by atoms with Crippen LogP contribution in [0.2, 0.25) is 0 Å². The highest BCUT2D eigenvalue weighted by atomic mass is 16.2. The molecule has 4 nitrogen and oxygen atoms in total. The van der Waals surface area contributed by atoms with E-state index in [9.17, 15) is 4.79 Å². The lowest BCUT2D eigenvalue weighted by Crippen LogP contribution is -2.40. The SMILES string of the molecule is CCN=C1NC(=O)C(C)(c2ccccc2)N1. The minimum absolute atomic E-state index is 0.0640. The maximum atomic E-state index is 11.9. The van der Waals surface area contributed by atoms with Crippen molar-refractivity contribution in [3.63, 3.8) is 0 Å². The van der Waals surface area contributed by atoms with E-state index >= 15 is 0 Å². The number of aliphatic imine (C=N–C) groups is 1. The molecule has 0 aromatic heterocycles. The van der Waals surface area contributed by atoms with Gasteiger partial charge in [-0.15, -0.1) is 0 Å². The van der Waals surface area contributed by atoms with E-state index in [0.717, 1.165) is 5.56 Å². The molecule has 84 valence electrons. The number of hydrogen-bond acceptors (Lipinski definition) is 2. The second-order valence-electron chi connectivity index (χ2n) is 3.89. The number of guanidine groups is 1. The van der Waals surface area contributed by atoms with Gasteiger partial charge >= 0.3 is 0 Å². The van der Waals surface area contributed by atoms with Crippen LogP contribution in [-0.4, -0.2) is 18.4 Å². The van der Waals surface area contributed by atoms with Crippen LogP contribution >= 0.6 is 0 Å². The van der Waals surface area contributed by atoms with Crippen molar-refractivity contribution in [2.45, 2.75) is 19.4 Å². The van der Waals surface area contributed by atoms with Crippen LogP contribution < -0.4 is 10.6 Å². The summed E-state index contributed by atoms with van der Waals surface area (Å²) >= 11 is 0. The predicted molar refractivity (Wildman–Crippen MR) is 63.0 cm³/mol. The van der Waals surface area contributed by atoms with Crippen LogP contribution in [0, 0.1) is 0 Å². The molecule has 0 aliphatic carbocycles. The summed E-state index contributed by atoms with van der Waals surface area (Å²) in [4.78, 5) is 16.1. The van der Waals surface area contributed by atoms with E-state index in [1.54, 1.807) is 0 Å². The fraction of sp³-hybridized carbons (Fsp3) is 0.333. The van der Waals surface area contributed by atoms with Gasteiger partial charge in [-0.2, -0.15) is 0 Å². The van der Waals surface area contributed by atoms with E-state index in [2.05, 4.69) is 15.6 Å². The van der Waals surface area contributed by atoms with Gasteiger partial charge in [0.15, 0.2) is 5.96 Å².